The number of aliphatic hydroxyl groups is 1. The molecule has 0 aromatic heterocycles. The Morgan fingerprint density at radius 3 is 2.65 bits per heavy atom. The zero-order chi connectivity index (χ0) is 24.2. The van der Waals surface area contributed by atoms with E-state index in [1.165, 1.54) is 24.1 Å². The van der Waals surface area contributed by atoms with Crippen LogP contribution in [-0.2, 0) is 14.3 Å². The minimum atomic E-state index is -0.807. The Balaban J connectivity index is 1.72. The van der Waals surface area contributed by atoms with Crippen LogP contribution in [0.5, 0.6) is 11.5 Å². The van der Waals surface area contributed by atoms with E-state index in [0.29, 0.717) is 42.0 Å². The number of phenolic OH excluding ortho intramolecular Hbond substituents is 1. The Labute approximate surface area is 206 Å². The molecule has 2 N–H and O–H groups in total. The van der Waals surface area contributed by atoms with E-state index < -0.39 is 23.5 Å². The summed E-state index contributed by atoms with van der Waals surface area (Å²) in [6, 6.07) is 10.8. The zero-order valence-electron chi connectivity index (χ0n) is 18.9. The van der Waals surface area contributed by atoms with Crippen molar-refractivity contribution in [2.75, 3.05) is 46.5 Å². The number of carbonyl (C=O) groups excluding carboxylic acids is 2. The highest BCUT2D eigenvalue weighted by Crippen LogP contribution is 2.42. The standard InChI is InChI=1S/C25H27BrN2O6/c1-33-18-5-2-4-16(14-18)22-21(23(30)19-15-17(26)6-7-20(19)29)24(31)25(32)28(22)9-3-8-27-10-12-34-13-11-27/h2,4-7,14-15,22,29-30H,3,8-13H2,1H3/b23-21+. The Hall–Kier alpha value is -2.88. The van der Waals surface area contributed by atoms with Gasteiger partial charge in [0.2, 0.25) is 0 Å². The maximum absolute atomic E-state index is 13.2. The highest BCUT2D eigenvalue weighted by atomic mass is 79.9. The first-order chi connectivity index (χ1) is 16.4. The van der Waals surface area contributed by atoms with E-state index in [9.17, 15) is 19.8 Å². The number of rotatable bonds is 7. The van der Waals surface area contributed by atoms with Gasteiger partial charge >= 0.3 is 0 Å². The highest BCUT2D eigenvalue weighted by Gasteiger charge is 2.46. The smallest absolute Gasteiger partial charge is 0.295 e. The number of ketones is 1. The first kappa shape index (κ1) is 24.3. The molecule has 1 unspecified atom stereocenters. The number of hydrogen-bond donors (Lipinski definition) is 2. The Bertz CT molecular complexity index is 1110. The maximum Gasteiger partial charge on any atom is 0.295 e. The van der Waals surface area contributed by atoms with Gasteiger partial charge < -0.3 is 24.6 Å². The fourth-order valence-electron chi connectivity index (χ4n) is 4.40. The second kappa shape index (κ2) is 10.6. The fourth-order valence-corrected chi connectivity index (χ4v) is 4.76. The van der Waals surface area contributed by atoms with Crippen LogP contribution in [0.4, 0.5) is 0 Å². The number of amides is 1. The molecular weight excluding hydrogens is 504 g/mol. The number of benzene rings is 2. The van der Waals surface area contributed by atoms with Crippen LogP contribution in [0.3, 0.4) is 0 Å². The third-order valence-corrected chi connectivity index (χ3v) is 6.63. The third-order valence-electron chi connectivity index (χ3n) is 6.14. The number of ether oxygens (including phenoxy) is 2. The predicted octanol–water partition coefficient (Wildman–Crippen LogP) is 3.31. The van der Waals surface area contributed by atoms with Crippen LogP contribution in [0.25, 0.3) is 5.76 Å². The van der Waals surface area contributed by atoms with Crippen molar-refractivity contribution >= 4 is 33.4 Å². The van der Waals surface area contributed by atoms with E-state index in [1.54, 1.807) is 30.3 Å². The SMILES string of the molecule is COc1cccc(C2/C(=C(\O)c3cc(Br)ccc3O)C(=O)C(=O)N2CCCN2CCOCC2)c1. The summed E-state index contributed by atoms with van der Waals surface area (Å²) in [6.07, 6.45) is 0.662. The van der Waals surface area contributed by atoms with Crippen molar-refractivity contribution in [1.82, 2.24) is 9.80 Å². The number of methoxy groups -OCH3 is 1. The summed E-state index contributed by atoms with van der Waals surface area (Å²) >= 11 is 3.33. The van der Waals surface area contributed by atoms with Gasteiger partial charge in [0.15, 0.2) is 0 Å². The molecule has 0 saturated carbocycles. The maximum atomic E-state index is 13.2. The van der Waals surface area contributed by atoms with Crippen LogP contribution >= 0.6 is 15.9 Å². The van der Waals surface area contributed by atoms with Gasteiger partial charge in [-0.05, 0) is 42.3 Å². The molecule has 2 aliphatic rings. The number of nitrogens with zero attached hydrogens (tertiary/aromatic N) is 2. The molecule has 2 fully saturated rings. The van der Waals surface area contributed by atoms with Gasteiger partial charge in [-0.2, -0.15) is 0 Å². The molecule has 2 aliphatic heterocycles. The summed E-state index contributed by atoms with van der Waals surface area (Å²) in [7, 11) is 1.54. The van der Waals surface area contributed by atoms with Crippen molar-refractivity contribution in [3.8, 4) is 11.5 Å². The van der Waals surface area contributed by atoms with Crippen LogP contribution < -0.4 is 4.74 Å². The number of aromatic hydroxyl groups is 1. The number of morpholine rings is 1. The Morgan fingerprint density at radius 1 is 1.15 bits per heavy atom. The number of Topliss-reactive ketones (excluding diaryl/α,β-unsaturated/α-hetero) is 1. The van der Waals surface area contributed by atoms with Gasteiger partial charge in [0.25, 0.3) is 11.7 Å². The summed E-state index contributed by atoms with van der Waals surface area (Å²) < 4.78 is 11.4. The molecule has 1 atom stereocenters. The first-order valence-corrected chi connectivity index (χ1v) is 11.9. The molecule has 0 spiro atoms. The summed E-state index contributed by atoms with van der Waals surface area (Å²) in [5.41, 5.74) is 0.660. The lowest BCUT2D eigenvalue weighted by atomic mass is 9.95. The van der Waals surface area contributed by atoms with E-state index in [0.717, 1.165) is 19.6 Å². The fraction of sp³-hybridized carbons (Fsp3) is 0.360. The van der Waals surface area contributed by atoms with E-state index in [4.69, 9.17) is 9.47 Å². The summed E-state index contributed by atoms with van der Waals surface area (Å²) in [5.74, 6) is -1.49. The molecule has 1 amide bonds. The molecule has 0 bridgehead atoms. The number of carbonyl (C=O) groups is 2. The largest absolute Gasteiger partial charge is 0.507 e. The molecular formula is C25H27BrN2O6. The molecule has 4 rings (SSSR count). The lowest BCUT2D eigenvalue weighted by Gasteiger charge is -2.29. The van der Waals surface area contributed by atoms with Gasteiger partial charge in [-0.15, -0.1) is 0 Å². The van der Waals surface area contributed by atoms with Gasteiger partial charge in [-0.3, -0.25) is 14.5 Å². The van der Waals surface area contributed by atoms with Crippen LogP contribution in [-0.4, -0.2) is 78.2 Å². The monoisotopic (exact) mass is 530 g/mol. The van der Waals surface area contributed by atoms with Crippen molar-refractivity contribution in [2.24, 2.45) is 0 Å². The number of hydrogen-bond acceptors (Lipinski definition) is 7. The molecule has 8 nitrogen and oxygen atoms in total. The van der Waals surface area contributed by atoms with Crippen molar-refractivity contribution in [2.45, 2.75) is 12.5 Å². The Kier molecular flexibility index (Phi) is 7.55. The number of halogens is 1. The van der Waals surface area contributed by atoms with Crippen molar-refractivity contribution < 1.29 is 29.3 Å². The lowest BCUT2D eigenvalue weighted by molar-refractivity contribution is -0.140. The van der Waals surface area contributed by atoms with Crippen LogP contribution in [0, 0.1) is 0 Å². The molecule has 2 saturated heterocycles. The molecule has 2 heterocycles. The zero-order valence-corrected chi connectivity index (χ0v) is 20.5. The van der Waals surface area contributed by atoms with Gasteiger partial charge in [-0.25, -0.2) is 0 Å². The quantitative estimate of drug-likeness (QED) is 0.321. The normalized spacial score (nSPS) is 20.6. The minimum absolute atomic E-state index is 0.0574. The number of likely N-dealkylation sites (tertiary alicyclic amines) is 1. The lowest BCUT2D eigenvalue weighted by Crippen LogP contribution is -2.38. The predicted molar refractivity (Wildman–Crippen MR) is 130 cm³/mol. The molecule has 2 aromatic carbocycles. The van der Waals surface area contributed by atoms with Crippen molar-refractivity contribution in [1.29, 1.82) is 0 Å². The molecule has 180 valence electrons. The summed E-state index contributed by atoms with van der Waals surface area (Å²) in [6.45, 7) is 4.14. The molecule has 0 radical (unpaired) electrons. The van der Waals surface area contributed by atoms with Gasteiger partial charge in [0.1, 0.15) is 17.3 Å². The molecule has 9 heteroatoms. The first-order valence-electron chi connectivity index (χ1n) is 11.1. The van der Waals surface area contributed by atoms with Crippen LogP contribution in [0.1, 0.15) is 23.6 Å². The van der Waals surface area contributed by atoms with Crippen molar-refractivity contribution in [3.05, 3.63) is 63.6 Å². The summed E-state index contributed by atoms with van der Waals surface area (Å²) in [5, 5.41) is 21.5. The molecule has 0 aliphatic carbocycles. The second-order valence-electron chi connectivity index (χ2n) is 8.24. The molecule has 34 heavy (non-hydrogen) atoms. The topological polar surface area (TPSA) is 99.5 Å². The average Bonchev–Trinajstić information content (AvgIpc) is 3.11. The Morgan fingerprint density at radius 2 is 1.91 bits per heavy atom. The second-order valence-corrected chi connectivity index (χ2v) is 9.15. The summed E-state index contributed by atoms with van der Waals surface area (Å²) in [4.78, 5) is 30.0. The van der Waals surface area contributed by atoms with Gasteiger partial charge in [-0.1, -0.05) is 28.1 Å². The van der Waals surface area contributed by atoms with Gasteiger partial charge in [0, 0.05) is 30.7 Å². The van der Waals surface area contributed by atoms with E-state index in [-0.39, 0.29) is 16.9 Å². The van der Waals surface area contributed by atoms with Crippen molar-refractivity contribution in [3.63, 3.8) is 0 Å². The van der Waals surface area contributed by atoms with Gasteiger partial charge in [0.05, 0.1) is 37.5 Å². The highest BCUT2D eigenvalue weighted by molar-refractivity contribution is 9.10. The average molecular weight is 531 g/mol. The number of aliphatic hydroxyl groups excluding tert-OH is 1. The molecule has 2 aromatic rings. The van der Waals surface area contributed by atoms with E-state index in [1.807, 2.05) is 0 Å². The number of phenols is 1. The van der Waals surface area contributed by atoms with Crippen LogP contribution in [0.2, 0.25) is 0 Å². The third kappa shape index (κ3) is 4.96. The minimum Gasteiger partial charge on any atom is -0.507 e. The van der Waals surface area contributed by atoms with E-state index in [2.05, 4.69) is 20.8 Å². The van der Waals surface area contributed by atoms with Crippen LogP contribution in [0.15, 0.2) is 52.5 Å². The van der Waals surface area contributed by atoms with E-state index >= 15 is 0 Å².